The van der Waals surface area contributed by atoms with Crippen LogP contribution in [-0.2, 0) is 11.3 Å². The van der Waals surface area contributed by atoms with E-state index in [1.807, 2.05) is 0 Å². The first kappa shape index (κ1) is 11.0. The van der Waals surface area contributed by atoms with Crippen molar-refractivity contribution in [2.45, 2.75) is 12.1 Å². The lowest BCUT2D eigenvalue weighted by atomic mass is 9.94. The van der Waals surface area contributed by atoms with E-state index in [-0.39, 0.29) is 18.9 Å². The molecule has 1 aromatic carbocycles. The fourth-order valence-corrected chi connectivity index (χ4v) is 1.83. The second-order valence-corrected chi connectivity index (χ2v) is 4.11. The number of halogens is 1. The van der Waals surface area contributed by atoms with Crippen LogP contribution in [0.5, 0.6) is 0 Å². The number of carboxylic acids is 1. The molecule has 1 aromatic rings. The standard InChI is InChI=1S/C11H12FNO3/c12-9-3-1-2-8(4-9)5-13-6-11(16,7-13)10(14)15/h1-4,16H,5-7H2,(H,14,15). The van der Waals surface area contributed by atoms with Gasteiger partial charge in [0.2, 0.25) is 0 Å². The number of hydrogen-bond acceptors (Lipinski definition) is 3. The largest absolute Gasteiger partial charge is 0.479 e. The van der Waals surface area contributed by atoms with Crippen molar-refractivity contribution in [2.75, 3.05) is 13.1 Å². The second kappa shape index (κ2) is 3.84. The molecule has 2 N–H and O–H groups in total. The van der Waals surface area contributed by atoms with E-state index in [1.54, 1.807) is 17.0 Å². The summed E-state index contributed by atoms with van der Waals surface area (Å²) in [4.78, 5) is 12.4. The number of rotatable bonds is 3. The number of aliphatic hydroxyl groups is 1. The lowest BCUT2D eigenvalue weighted by Crippen LogP contribution is -2.65. The van der Waals surface area contributed by atoms with Crippen molar-refractivity contribution in [2.24, 2.45) is 0 Å². The van der Waals surface area contributed by atoms with Crippen LogP contribution in [0.1, 0.15) is 5.56 Å². The number of likely N-dealkylation sites (tertiary alicyclic amines) is 1. The van der Waals surface area contributed by atoms with Gasteiger partial charge in [0.15, 0.2) is 5.60 Å². The summed E-state index contributed by atoms with van der Waals surface area (Å²) < 4.78 is 12.9. The zero-order valence-electron chi connectivity index (χ0n) is 8.56. The van der Waals surface area contributed by atoms with Crippen LogP contribution in [0.3, 0.4) is 0 Å². The molecule has 0 atom stereocenters. The minimum absolute atomic E-state index is 0.0822. The van der Waals surface area contributed by atoms with E-state index in [4.69, 9.17) is 5.11 Å². The number of carboxylic acid groups (broad SMARTS) is 1. The van der Waals surface area contributed by atoms with Crippen LogP contribution in [0, 0.1) is 5.82 Å². The van der Waals surface area contributed by atoms with Crippen LogP contribution in [0.2, 0.25) is 0 Å². The Morgan fingerprint density at radius 1 is 1.50 bits per heavy atom. The number of β-amino-alcohol motifs (C(OH)–C–C–N with tert-alkyl or cyclic N) is 1. The van der Waals surface area contributed by atoms with E-state index in [0.29, 0.717) is 6.54 Å². The Kier molecular flexibility index (Phi) is 2.65. The molecule has 16 heavy (non-hydrogen) atoms. The highest BCUT2D eigenvalue weighted by Gasteiger charge is 2.47. The van der Waals surface area contributed by atoms with Gasteiger partial charge in [-0.05, 0) is 17.7 Å². The summed E-state index contributed by atoms with van der Waals surface area (Å²) in [5.74, 6) is -1.52. The molecule has 1 heterocycles. The minimum Gasteiger partial charge on any atom is -0.479 e. The summed E-state index contributed by atoms with van der Waals surface area (Å²) in [5.41, 5.74) is -0.861. The van der Waals surface area contributed by atoms with E-state index < -0.39 is 11.6 Å². The lowest BCUT2D eigenvalue weighted by Gasteiger charge is -2.43. The summed E-state index contributed by atoms with van der Waals surface area (Å²) in [6, 6.07) is 6.13. The van der Waals surface area contributed by atoms with Crippen molar-refractivity contribution in [3.63, 3.8) is 0 Å². The highest BCUT2D eigenvalue weighted by molar-refractivity contribution is 5.79. The fourth-order valence-electron chi connectivity index (χ4n) is 1.83. The van der Waals surface area contributed by atoms with Gasteiger partial charge >= 0.3 is 5.97 Å². The maximum atomic E-state index is 12.9. The number of benzene rings is 1. The quantitative estimate of drug-likeness (QED) is 0.784. The maximum absolute atomic E-state index is 12.9. The minimum atomic E-state index is -1.63. The van der Waals surface area contributed by atoms with Crippen molar-refractivity contribution in [1.82, 2.24) is 4.90 Å². The third-order valence-corrected chi connectivity index (χ3v) is 2.66. The van der Waals surface area contributed by atoms with Gasteiger partial charge in [0, 0.05) is 19.6 Å². The van der Waals surface area contributed by atoms with Crippen molar-refractivity contribution in [1.29, 1.82) is 0 Å². The van der Waals surface area contributed by atoms with Gasteiger partial charge in [-0.15, -0.1) is 0 Å². The first-order chi connectivity index (χ1) is 7.49. The van der Waals surface area contributed by atoms with Gasteiger partial charge in [0.05, 0.1) is 0 Å². The van der Waals surface area contributed by atoms with Crippen LogP contribution >= 0.6 is 0 Å². The van der Waals surface area contributed by atoms with Crippen molar-refractivity contribution < 1.29 is 19.4 Å². The van der Waals surface area contributed by atoms with Gasteiger partial charge in [-0.3, -0.25) is 4.90 Å². The SMILES string of the molecule is O=C(O)C1(O)CN(Cc2cccc(F)c2)C1. The Bertz CT molecular complexity index is 415. The van der Waals surface area contributed by atoms with Crippen molar-refractivity contribution in [3.05, 3.63) is 35.6 Å². The molecule has 0 amide bonds. The Morgan fingerprint density at radius 2 is 2.19 bits per heavy atom. The first-order valence-corrected chi connectivity index (χ1v) is 4.92. The Balaban J connectivity index is 1.93. The van der Waals surface area contributed by atoms with Gasteiger partial charge in [0.25, 0.3) is 0 Å². The lowest BCUT2D eigenvalue weighted by molar-refractivity contribution is -0.178. The maximum Gasteiger partial charge on any atom is 0.338 e. The van der Waals surface area contributed by atoms with Gasteiger partial charge in [0.1, 0.15) is 5.82 Å². The molecule has 5 heteroatoms. The van der Waals surface area contributed by atoms with Crippen LogP contribution < -0.4 is 0 Å². The average molecular weight is 225 g/mol. The van der Waals surface area contributed by atoms with E-state index in [1.165, 1.54) is 12.1 Å². The molecule has 0 aliphatic carbocycles. The van der Waals surface area contributed by atoms with E-state index in [9.17, 15) is 14.3 Å². The van der Waals surface area contributed by atoms with Crippen LogP contribution in [0.4, 0.5) is 4.39 Å². The van der Waals surface area contributed by atoms with E-state index in [2.05, 4.69) is 0 Å². The monoisotopic (exact) mass is 225 g/mol. The zero-order valence-corrected chi connectivity index (χ0v) is 8.56. The average Bonchev–Trinajstić information content (AvgIpc) is 2.14. The number of hydrogen-bond donors (Lipinski definition) is 2. The van der Waals surface area contributed by atoms with Gasteiger partial charge in [-0.1, -0.05) is 12.1 Å². The summed E-state index contributed by atoms with van der Waals surface area (Å²) in [6.45, 7) is 0.616. The smallest absolute Gasteiger partial charge is 0.338 e. The molecule has 0 spiro atoms. The molecule has 2 rings (SSSR count). The Morgan fingerprint density at radius 3 is 2.75 bits per heavy atom. The first-order valence-electron chi connectivity index (χ1n) is 4.92. The topological polar surface area (TPSA) is 60.8 Å². The highest BCUT2D eigenvalue weighted by Crippen LogP contribution is 2.23. The Labute approximate surface area is 91.9 Å². The van der Waals surface area contributed by atoms with Crippen molar-refractivity contribution in [3.8, 4) is 0 Å². The summed E-state index contributed by atoms with van der Waals surface area (Å²) >= 11 is 0. The highest BCUT2D eigenvalue weighted by atomic mass is 19.1. The van der Waals surface area contributed by atoms with Crippen LogP contribution in [-0.4, -0.2) is 39.8 Å². The molecular weight excluding hydrogens is 213 g/mol. The number of nitrogens with zero attached hydrogens (tertiary/aromatic N) is 1. The molecule has 0 bridgehead atoms. The molecule has 86 valence electrons. The summed E-state index contributed by atoms with van der Waals surface area (Å²) in [6.07, 6.45) is 0. The molecule has 1 saturated heterocycles. The van der Waals surface area contributed by atoms with Gasteiger partial charge < -0.3 is 10.2 Å². The number of carbonyl (C=O) groups is 1. The molecule has 0 saturated carbocycles. The summed E-state index contributed by atoms with van der Waals surface area (Å²) in [5, 5.41) is 18.2. The predicted octanol–water partition coefficient (Wildman–Crippen LogP) is 0.457. The van der Waals surface area contributed by atoms with Crippen molar-refractivity contribution >= 4 is 5.97 Å². The van der Waals surface area contributed by atoms with Crippen LogP contribution in [0.25, 0.3) is 0 Å². The third-order valence-electron chi connectivity index (χ3n) is 2.66. The molecule has 4 nitrogen and oxygen atoms in total. The van der Waals surface area contributed by atoms with Gasteiger partial charge in [-0.2, -0.15) is 0 Å². The third kappa shape index (κ3) is 2.05. The normalized spacial score (nSPS) is 19.1. The molecule has 1 aliphatic rings. The summed E-state index contributed by atoms with van der Waals surface area (Å²) in [7, 11) is 0. The molecule has 1 fully saturated rings. The van der Waals surface area contributed by atoms with Crippen LogP contribution in [0.15, 0.2) is 24.3 Å². The Hall–Kier alpha value is -1.46. The number of aliphatic carboxylic acids is 1. The van der Waals surface area contributed by atoms with Gasteiger partial charge in [-0.25, -0.2) is 9.18 Å². The second-order valence-electron chi connectivity index (χ2n) is 4.11. The van der Waals surface area contributed by atoms with E-state index >= 15 is 0 Å². The molecule has 0 aromatic heterocycles. The fraction of sp³-hybridized carbons (Fsp3) is 0.364. The molecule has 0 radical (unpaired) electrons. The van der Waals surface area contributed by atoms with E-state index in [0.717, 1.165) is 5.56 Å². The predicted molar refractivity (Wildman–Crippen MR) is 54.3 cm³/mol. The zero-order chi connectivity index (χ0) is 11.8. The molecule has 0 unspecified atom stereocenters. The molecule has 1 aliphatic heterocycles. The molecular formula is C11H12FNO3.